The van der Waals surface area contributed by atoms with Crippen molar-refractivity contribution in [3.05, 3.63) is 48.3 Å². The van der Waals surface area contributed by atoms with Crippen molar-refractivity contribution in [2.75, 3.05) is 36.5 Å². The number of methoxy groups -OCH3 is 1. The Kier molecular flexibility index (Phi) is 4.20. The molecule has 0 saturated carbocycles. The first-order chi connectivity index (χ1) is 12.7. The van der Waals surface area contributed by atoms with Crippen molar-refractivity contribution in [3.8, 4) is 5.75 Å². The first-order valence-corrected chi connectivity index (χ1v) is 8.72. The van der Waals surface area contributed by atoms with Gasteiger partial charge in [0, 0.05) is 42.7 Å². The summed E-state index contributed by atoms with van der Waals surface area (Å²) in [5.74, 6) is 1.72. The van der Waals surface area contributed by atoms with Crippen LogP contribution in [-0.4, -0.2) is 47.2 Å². The zero-order chi connectivity index (χ0) is 18.1. The van der Waals surface area contributed by atoms with E-state index in [4.69, 9.17) is 4.74 Å². The zero-order valence-electron chi connectivity index (χ0n) is 14.9. The molecule has 7 heteroatoms. The summed E-state index contributed by atoms with van der Waals surface area (Å²) < 4.78 is 7.07. The summed E-state index contributed by atoms with van der Waals surface area (Å²) in [6.45, 7) is 3.72. The number of fused-ring (bicyclic) bond motifs is 1. The summed E-state index contributed by atoms with van der Waals surface area (Å²) in [7, 11) is 1.63. The smallest absolute Gasteiger partial charge is 0.246 e. The third kappa shape index (κ3) is 2.85. The Balaban J connectivity index is 1.61. The predicted octanol–water partition coefficient (Wildman–Crippen LogP) is 2.15. The third-order valence-corrected chi connectivity index (χ3v) is 4.67. The van der Waals surface area contributed by atoms with E-state index in [1.807, 2.05) is 36.4 Å². The number of benzene rings is 1. The standard InChI is InChI=1S/C19H21N5O2/c1-3-14-11-18(24-17(21-14)7-8-20-24)22-9-10-23(19(25)13-22)15-5-4-6-16(12-15)26-2/h4-8,11-12H,3,9-10,13H2,1-2H3. The number of aromatic nitrogens is 3. The number of hydrogen-bond donors (Lipinski definition) is 0. The molecule has 0 radical (unpaired) electrons. The fraction of sp³-hybridized carbons (Fsp3) is 0.316. The Bertz CT molecular complexity index is 952. The average molecular weight is 351 g/mol. The molecule has 3 aromatic rings. The van der Waals surface area contributed by atoms with Crippen LogP contribution < -0.4 is 14.5 Å². The minimum Gasteiger partial charge on any atom is -0.497 e. The Morgan fingerprint density at radius 1 is 1.19 bits per heavy atom. The molecule has 1 fully saturated rings. The highest BCUT2D eigenvalue weighted by atomic mass is 16.5. The molecule has 1 aromatic carbocycles. The molecule has 2 aromatic heterocycles. The lowest BCUT2D eigenvalue weighted by atomic mass is 10.2. The molecule has 3 heterocycles. The number of piperazine rings is 1. The van der Waals surface area contributed by atoms with Gasteiger partial charge in [0.1, 0.15) is 11.6 Å². The van der Waals surface area contributed by atoms with Crippen molar-refractivity contribution in [2.45, 2.75) is 13.3 Å². The highest BCUT2D eigenvalue weighted by Crippen LogP contribution is 2.25. The van der Waals surface area contributed by atoms with E-state index < -0.39 is 0 Å². The summed E-state index contributed by atoms with van der Waals surface area (Å²) >= 11 is 0. The number of ether oxygens (including phenoxy) is 1. The third-order valence-electron chi connectivity index (χ3n) is 4.67. The van der Waals surface area contributed by atoms with Crippen LogP contribution in [0.25, 0.3) is 5.65 Å². The van der Waals surface area contributed by atoms with Gasteiger partial charge < -0.3 is 14.5 Å². The lowest BCUT2D eigenvalue weighted by Crippen LogP contribution is -2.51. The van der Waals surface area contributed by atoms with Crippen LogP contribution in [0.1, 0.15) is 12.6 Å². The Morgan fingerprint density at radius 2 is 2.08 bits per heavy atom. The molecule has 134 valence electrons. The van der Waals surface area contributed by atoms with Gasteiger partial charge in [-0.1, -0.05) is 13.0 Å². The molecule has 0 unspecified atom stereocenters. The van der Waals surface area contributed by atoms with Gasteiger partial charge in [-0.3, -0.25) is 4.79 Å². The monoisotopic (exact) mass is 351 g/mol. The second-order valence-electron chi connectivity index (χ2n) is 6.23. The van der Waals surface area contributed by atoms with E-state index in [2.05, 4.69) is 21.9 Å². The fourth-order valence-electron chi connectivity index (χ4n) is 3.27. The molecular formula is C19H21N5O2. The van der Waals surface area contributed by atoms with Gasteiger partial charge >= 0.3 is 0 Å². The van der Waals surface area contributed by atoms with Crippen LogP contribution in [0.4, 0.5) is 11.5 Å². The largest absolute Gasteiger partial charge is 0.497 e. The number of carbonyl (C=O) groups is 1. The molecule has 4 rings (SSSR count). The van der Waals surface area contributed by atoms with Crippen LogP contribution >= 0.6 is 0 Å². The van der Waals surface area contributed by atoms with Crippen LogP contribution in [0.2, 0.25) is 0 Å². The molecule has 0 spiro atoms. The molecule has 1 aliphatic rings. The first kappa shape index (κ1) is 16.4. The van der Waals surface area contributed by atoms with Gasteiger partial charge in [-0.25, -0.2) is 4.98 Å². The number of rotatable bonds is 4. The van der Waals surface area contributed by atoms with Gasteiger partial charge in [-0.15, -0.1) is 0 Å². The number of aryl methyl sites for hydroxylation is 1. The molecule has 0 N–H and O–H groups in total. The van der Waals surface area contributed by atoms with Gasteiger partial charge in [-0.2, -0.15) is 9.61 Å². The van der Waals surface area contributed by atoms with Crippen molar-refractivity contribution < 1.29 is 9.53 Å². The number of hydrogen-bond acceptors (Lipinski definition) is 5. The maximum atomic E-state index is 12.8. The van der Waals surface area contributed by atoms with E-state index >= 15 is 0 Å². The fourth-order valence-corrected chi connectivity index (χ4v) is 3.27. The molecule has 1 saturated heterocycles. The van der Waals surface area contributed by atoms with E-state index in [-0.39, 0.29) is 5.91 Å². The van der Waals surface area contributed by atoms with Crippen LogP contribution in [0.5, 0.6) is 5.75 Å². The second kappa shape index (κ2) is 6.67. The van der Waals surface area contributed by atoms with Crippen LogP contribution in [0.3, 0.4) is 0 Å². The van der Waals surface area contributed by atoms with Crippen molar-refractivity contribution in [1.82, 2.24) is 14.6 Å². The van der Waals surface area contributed by atoms with Gasteiger partial charge in [-0.05, 0) is 18.6 Å². The van der Waals surface area contributed by atoms with E-state index in [1.54, 1.807) is 22.7 Å². The first-order valence-electron chi connectivity index (χ1n) is 8.72. The number of anilines is 2. The van der Waals surface area contributed by atoms with Gasteiger partial charge in [0.05, 0.1) is 19.9 Å². The van der Waals surface area contributed by atoms with Crippen LogP contribution in [0, 0.1) is 0 Å². The van der Waals surface area contributed by atoms with Gasteiger partial charge in [0.15, 0.2) is 5.65 Å². The van der Waals surface area contributed by atoms with Crippen molar-refractivity contribution in [1.29, 1.82) is 0 Å². The Hall–Kier alpha value is -3.09. The van der Waals surface area contributed by atoms with Crippen LogP contribution in [-0.2, 0) is 11.2 Å². The SMILES string of the molecule is CCc1cc(N2CCN(c3cccc(OC)c3)C(=O)C2)n2nccc2n1. The summed E-state index contributed by atoms with van der Waals surface area (Å²) in [6.07, 6.45) is 2.58. The molecular weight excluding hydrogens is 330 g/mol. The molecule has 7 nitrogen and oxygen atoms in total. The van der Waals surface area contributed by atoms with E-state index in [0.717, 1.165) is 41.6 Å². The van der Waals surface area contributed by atoms with Gasteiger partial charge in [0.25, 0.3) is 0 Å². The average Bonchev–Trinajstić information content (AvgIpc) is 3.15. The van der Waals surface area contributed by atoms with Crippen molar-refractivity contribution in [3.63, 3.8) is 0 Å². The minimum absolute atomic E-state index is 0.0552. The summed E-state index contributed by atoms with van der Waals surface area (Å²) in [4.78, 5) is 21.3. The summed E-state index contributed by atoms with van der Waals surface area (Å²) in [5.41, 5.74) is 2.67. The molecule has 0 bridgehead atoms. The minimum atomic E-state index is 0.0552. The lowest BCUT2D eigenvalue weighted by molar-refractivity contribution is -0.117. The normalized spacial score (nSPS) is 14.9. The number of amides is 1. The molecule has 1 aliphatic heterocycles. The maximum Gasteiger partial charge on any atom is 0.246 e. The predicted molar refractivity (Wildman–Crippen MR) is 99.9 cm³/mol. The Labute approximate surface area is 151 Å². The van der Waals surface area contributed by atoms with Crippen molar-refractivity contribution in [2.24, 2.45) is 0 Å². The number of nitrogens with zero attached hydrogens (tertiary/aromatic N) is 5. The molecule has 26 heavy (non-hydrogen) atoms. The van der Waals surface area contributed by atoms with Crippen molar-refractivity contribution >= 4 is 23.1 Å². The second-order valence-corrected chi connectivity index (χ2v) is 6.23. The highest BCUT2D eigenvalue weighted by Gasteiger charge is 2.27. The van der Waals surface area contributed by atoms with Crippen LogP contribution in [0.15, 0.2) is 42.6 Å². The lowest BCUT2D eigenvalue weighted by Gasteiger charge is -2.35. The Morgan fingerprint density at radius 3 is 2.85 bits per heavy atom. The van der Waals surface area contributed by atoms with E-state index in [9.17, 15) is 4.79 Å². The quantitative estimate of drug-likeness (QED) is 0.721. The summed E-state index contributed by atoms with van der Waals surface area (Å²) in [5, 5.41) is 4.37. The maximum absolute atomic E-state index is 12.8. The molecule has 1 amide bonds. The highest BCUT2D eigenvalue weighted by molar-refractivity contribution is 5.97. The van der Waals surface area contributed by atoms with E-state index in [1.165, 1.54) is 0 Å². The zero-order valence-corrected chi connectivity index (χ0v) is 14.9. The number of carbonyl (C=O) groups excluding carboxylic acids is 1. The topological polar surface area (TPSA) is 63.0 Å². The van der Waals surface area contributed by atoms with E-state index in [0.29, 0.717) is 13.1 Å². The molecule has 0 atom stereocenters. The summed E-state index contributed by atoms with van der Waals surface area (Å²) in [6, 6.07) is 11.5. The van der Waals surface area contributed by atoms with Gasteiger partial charge in [0.2, 0.25) is 5.91 Å². The molecule has 0 aliphatic carbocycles.